The van der Waals surface area contributed by atoms with Gasteiger partial charge in [0.05, 0.1) is 0 Å². The molecule has 0 fully saturated rings. The van der Waals surface area contributed by atoms with Gasteiger partial charge < -0.3 is 0 Å². The molecule has 0 unspecified atom stereocenters. The summed E-state index contributed by atoms with van der Waals surface area (Å²) >= 11 is 0. The van der Waals surface area contributed by atoms with Gasteiger partial charge in [-0.15, -0.1) is 0 Å². The SMILES string of the molecule is c1ccc(C(=C(c2ccccc2)c2cc(C(=C(c3ccccc3)c3ccccc3)c3ccccc3)cc(C(=C(c3ccccc3)c3ccccc3)c3ccccc3)c2)c2ccccc2)cc1. The fourth-order valence-electron chi connectivity index (χ4n) is 9.24. The molecular formula is C66H48. The van der Waals surface area contributed by atoms with E-state index >= 15 is 0 Å². The molecule has 10 aromatic rings. The highest BCUT2D eigenvalue weighted by Gasteiger charge is 2.24. The van der Waals surface area contributed by atoms with E-state index in [1.165, 1.54) is 16.7 Å². The molecule has 10 aromatic carbocycles. The second-order valence-electron chi connectivity index (χ2n) is 16.3. The maximum absolute atomic E-state index is 2.44. The first kappa shape index (κ1) is 41.4. The summed E-state index contributed by atoms with van der Waals surface area (Å²) in [5.74, 6) is 0. The molecule has 0 nitrogen and oxygen atoms in total. The fourth-order valence-corrected chi connectivity index (χ4v) is 9.24. The van der Waals surface area contributed by atoms with Gasteiger partial charge in [-0.1, -0.05) is 273 Å². The van der Waals surface area contributed by atoms with E-state index in [9.17, 15) is 0 Å². The minimum atomic E-state index is 1.11. The minimum absolute atomic E-state index is 1.11. The first-order valence-electron chi connectivity index (χ1n) is 22.7. The van der Waals surface area contributed by atoms with Crippen LogP contribution in [0, 0.1) is 0 Å². The van der Waals surface area contributed by atoms with Crippen LogP contribution in [0.1, 0.15) is 66.8 Å². The Morgan fingerprint density at radius 3 is 0.348 bits per heavy atom. The molecule has 0 N–H and O–H groups in total. The molecule has 0 bridgehead atoms. The third-order valence-corrected chi connectivity index (χ3v) is 12.1. The zero-order valence-electron chi connectivity index (χ0n) is 36.7. The smallest absolute Gasteiger partial charge is 0.00264 e. The molecule has 0 spiro atoms. The first-order valence-corrected chi connectivity index (χ1v) is 22.7. The molecule has 0 heterocycles. The molecule has 0 aliphatic carbocycles. The van der Waals surface area contributed by atoms with Crippen molar-refractivity contribution in [3.63, 3.8) is 0 Å². The van der Waals surface area contributed by atoms with Gasteiger partial charge in [-0.05, 0) is 118 Å². The van der Waals surface area contributed by atoms with Crippen molar-refractivity contribution in [3.8, 4) is 0 Å². The second-order valence-corrected chi connectivity index (χ2v) is 16.3. The van der Waals surface area contributed by atoms with Crippen LogP contribution in [0.5, 0.6) is 0 Å². The topological polar surface area (TPSA) is 0 Å². The molecule has 0 aliphatic heterocycles. The largest absolute Gasteiger partial charge is 0.0622 e. The van der Waals surface area contributed by atoms with Crippen LogP contribution in [0.15, 0.2) is 291 Å². The standard InChI is InChI=1S/C66H48/c1-10-28-49(29-11-1)61(50-30-12-2-13-31-50)64(55-40-22-7-23-41-55)58-46-59(65(56-42-24-8-25-43-56)62(51-32-14-3-15-33-51)52-34-16-4-17-35-52)48-60(47-58)66(57-44-26-9-27-45-57)63(53-36-18-5-19-37-53)54-38-20-6-21-39-54/h1-48H. The van der Waals surface area contributed by atoms with E-state index in [1.54, 1.807) is 0 Å². The monoisotopic (exact) mass is 840 g/mol. The van der Waals surface area contributed by atoms with Crippen molar-refractivity contribution >= 4 is 33.4 Å². The number of rotatable bonds is 12. The van der Waals surface area contributed by atoms with Gasteiger partial charge in [0.2, 0.25) is 0 Å². The van der Waals surface area contributed by atoms with E-state index < -0.39 is 0 Å². The van der Waals surface area contributed by atoms with Crippen LogP contribution in [0.3, 0.4) is 0 Å². The quantitative estimate of drug-likeness (QED) is 0.108. The number of hydrogen-bond acceptors (Lipinski definition) is 0. The lowest BCUT2D eigenvalue weighted by Crippen LogP contribution is -2.04. The van der Waals surface area contributed by atoms with Crippen molar-refractivity contribution in [2.45, 2.75) is 0 Å². The molecule has 0 amide bonds. The molecule has 0 aliphatic rings. The summed E-state index contributed by atoms with van der Waals surface area (Å²) in [5, 5.41) is 0. The van der Waals surface area contributed by atoms with Crippen molar-refractivity contribution in [2.75, 3.05) is 0 Å². The number of benzene rings is 10. The molecule has 10 rings (SSSR count). The molecule has 0 saturated carbocycles. The van der Waals surface area contributed by atoms with Gasteiger partial charge in [-0.25, -0.2) is 0 Å². The molecule has 0 saturated heterocycles. The lowest BCUT2D eigenvalue weighted by Gasteiger charge is -2.24. The van der Waals surface area contributed by atoms with Crippen molar-refractivity contribution in [1.29, 1.82) is 0 Å². The predicted molar refractivity (Wildman–Crippen MR) is 279 cm³/mol. The van der Waals surface area contributed by atoms with Gasteiger partial charge in [-0.3, -0.25) is 0 Å². The van der Waals surface area contributed by atoms with Gasteiger partial charge in [-0.2, -0.15) is 0 Å². The van der Waals surface area contributed by atoms with Crippen LogP contribution in [0.4, 0.5) is 0 Å². The summed E-state index contributed by atoms with van der Waals surface area (Å²) < 4.78 is 0. The maximum atomic E-state index is 2.44. The molecular weight excluding hydrogens is 793 g/mol. The molecule has 0 atom stereocenters. The predicted octanol–water partition coefficient (Wildman–Crippen LogP) is 16.7. The first-order chi connectivity index (χ1) is 32.8. The molecule has 0 heteroatoms. The van der Waals surface area contributed by atoms with E-state index in [0.717, 1.165) is 83.5 Å². The summed E-state index contributed by atoms with van der Waals surface area (Å²) in [7, 11) is 0. The minimum Gasteiger partial charge on any atom is -0.0622 e. The zero-order valence-corrected chi connectivity index (χ0v) is 36.7. The number of hydrogen-bond donors (Lipinski definition) is 0. The van der Waals surface area contributed by atoms with Gasteiger partial charge in [0.15, 0.2) is 0 Å². The third kappa shape index (κ3) is 8.95. The van der Waals surface area contributed by atoms with Crippen LogP contribution in [0.25, 0.3) is 33.4 Å². The van der Waals surface area contributed by atoms with E-state index in [0.29, 0.717) is 0 Å². The van der Waals surface area contributed by atoms with Gasteiger partial charge in [0.1, 0.15) is 0 Å². The maximum Gasteiger partial charge on any atom is -0.00264 e. The normalized spacial score (nSPS) is 10.7. The Labute approximate surface area is 389 Å². The molecule has 312 valence electrons. The van der Waals surface area contributed by atoms with Gasteiger partial charge >= 0.3 is 0 Å². The molecule has 0 aromatic heterocycles. The highest BCUT2D eigenvalue weighted by molar-refractivity contribution is 6.10. The Morgan fingerprint density at radius 1 is 0.121 bits per heavy atom. The Kier molecular flexibility index (Phi) is 12.5. The highest BCUT2D eigenvalue weighted by Crippen LogP contribution is 2.45. The van der Waals surface area contributed by atoms with Crippen molar-refractivity contribution in [3.05, 3.63) is 358 Å². The Hall–Kier alpha value is -8.58. The fraction of sp³-hybridized carbons (Fsp3) is 0. The highest BCUT2D eigenvalue weighted by atomic mass is 14.3. The van der Waals surface area contributed by atoms with Gasteiger partial charge in [0, 0.05) is 0 Å². The second kappa shape index (κ2) is 19.9. The molecule has 66 heavy (non-hydrogen) atoms. The van der Waals surface area contributed by atoms with Gasteiger partial charge in [0.25, 0.3) is 0 Å². The average Bonchev–Trinajstić information content (AvgIpc) is 3.40. The van der Waals surface area contributed by atoms with E-state index in [2.05, 4.69) is 291 Å². The van der Waals surface area contributed by atoms with Crippen LogP contribution >= 0.6 is 0 Å². The van der Waals surface area contributed by atoms with E-state index in [4.69, 9.17) is 0 Å². The summed E-state index contributed by atoms with van der Waals surface area (Å²) in [5.41, 5.74) is 20.6. The summed E-state index contributed by atoms with van der Waals surface area (Å²) in [6.45, 7) is 0. The van der Waals surface area contributed by atoms with E-state index in [1.807, 2.05) is 0 Å². The average molecular weight is 841 g/mol. The van der Waals surface area contributed by atoms with Crippen LogP contribution in [-0.4, -0.2) is 0 Å². The van der Waals surface area contributed by atoms with Crippen LogP contribution in [0.2, 0.25) is 0 Å². The van der Waals surface area contributed by atoms with Crippen LogP contribution in [-0.2, 0) is 0 Å². The van der Waals surface area contributed by atoms with Crippen molar-refractivity contribution < 1.29 is 0 Å². The zero-order chi connectivity index (χ0) is 44.3. The van der Waals surface area contributed by atoms with Crippen molar-refractivity contribution in [2.24, 2.45) is 0 Å². The Morgan fingerprint density at radius 2 is 0.227 bits per heavy atom. The lowest BCUT2D eigenvalue weighted by atomic mass is 9.79. The lowest BCUT2D eigenvalue weighted by molar-refractivity contribution is 1.44. The van der Waals surface area contributed by atoms with E-state index in [-0.39, 0.29) is 0 Å². The van der Waals surface area contributed by atoms with Crippen molar-refractivity contribution in [1.82, 2.24) is 0 Å². The summed E-state index contributed by atoms with van der Waals surface area (Å²) in [6, 6.07) is 105. The molecule has 0 radical (unpaired) electrons. The summed E-state index contributed by atoms with van der Waals surface area (Å²) in [4.78, 5) is 0. The summed E-state index contributed by atoms with van der Waals surface area (Å²) in [6.07, 6.45) is 0. The Balaban J connectivity index is 1.44. The van der Waals surface area contributed by atoms with Crippen LogP contribution < -0.4 is 0 Å². The Bertz CT molecular complexity index is 2750. The third-order valence-electron chi connectivity index (χ3n) is 12.1.